The molecule has 24 heavy (non-hydrogen) atoms. The van der Waals surface area contributed by atoms with Crippen molar-refractivity contribution in [3.63, 3.8) is 0 Å². The first-order valence-corrected chi connectivity index (χ1v) is 7.78. The molecule has 0 fully saturated rings. The summed E-state index contributed by atoms with van der Waals surface area (Å²) in [5.41, 5.74) is 2.88. The van der Waals surface area contributed by atoms with Gasteiger partial charge in [-0.1, -0.05) is 48.5 Å². The monoisotopic (exact) mass is 321 g/mol. The Labute approximate surface area is 140 Å². The Kier molecular flexibility index (Phi) is 4.72. The van der Waals surface area contributed by atoms with Crippen LogP contribution in [0.2, 0.25) is 0 Å². The second kappa shape index (κ2) is 7.10. The predicted molar refractivity (Wildman–Crippen MR) is 92.8 cm³/mol. The number of para-hydroxylation sites is 1. The lowest BCUT2D eigenvalue weighted by molar-refractivity contribution is 0.102. The van der Waals surface area contributed by atoms with Crippen LogP contribution in [0.15, 0.2) is 67.0 Å². The second-order valence-electron chi connectivity index (χ2n) is 5.63. The second-order valence-corrected chi connectivity index (χ2v) is 5.63. The number of rotatable bonds is 5. The maximum absolute atomic E-state index is 12.4. The minimum atomic E-state index is -0.651. The lowest BCUT2D eigenvalue weighted by Crippen LogP contribution is -2.13. The van der Waals surface area contributed by atoms with Gasteiger partial charge in [-0.3, -0.25) is 9.48 Å². The Morgan fingerprint density at radius 3 is 2.62 bits per heavy atom. The van der Waals surface area contributed by atoms with Crippen molar-refractivity contribution in [2.75, 3.05) is 5.32 Å². The van der Waals surface area contributed by atoms with Gasteiger partial charge >= 0.3 is 0 Å². The smallest absolute Gasteiger partial charge is 0.258 e. The molecule has 0 saturated heterocycles. The number of hydrogen-bond acceptors (Lipinski definition) is 3. The first-order chi connectivity index (χ1) is 11.6. The van der Waals surface area contributed by atoms with Crippen LogP contribution in [0, 0.1) is 0 Å². The van der Waals surface area contributed by atoms with Gasteiger partial charge in [-0.15, -0.1) is 0 Å². The minimum Gasteiger partial charge on any atom is -0.389 e. The van der Waals surface area contributed by atoms with E-state index in [2.05, 4.69) is 10.4 Å². The summed E-state index contributed by atoms with van der Waals surface area (Å²) in [7, 11) is 0. The van der Waals surface area contributed by atoms with Gasteiger partial charge in [0.25, 0.3) is 5.91 Å². The number of amides is 1. The van der Waals surface area contributed by atoms with Crippen LogP contribution in [0.4, 0.5) is 5.69 Å². The third-order valence-electron chi connectivity index (χ3n) is 3.74. The van der Waals surface area contributed by atoms with Crippen molar-refractivity contribution in [2.24, 2.45) is 0 Å². The van der Waals surface area contributed by atoms with Crippen LogP contribution in [0.25, 0.3) is 0 Å². The quantitative estimate of drug-likeness (QED) is 0.758. The number of aliphatic hydroxyl groups is 1. The van der Waals surface area contributed by atoms with Crippen molar-refractivity contribution in [1.82, 2.24) is 9.78 Å². The van der Waals surface area contributed by atoms with Gasteiger partial charge in [-0.05, 0) is 18.6 Å². The van der Waals surface area contributed by atoms with E-state index in [0.29, 0.717) is 23.4 Å². The molecule has 0 aliphatic carbocycles. The zero-order valence-corrected chi connectivity index (χ0v) is 13.4. The lowest BCUT2D eigenvalue weighted by Gasteiger charge is -2.12. The molecule has 0 bridgehead atoms. The molecule has 1 aromatic heterocycles. The van der Waals surface area contributed by atoms with Gasteiger partial charge < -0.3 is 10.4 Å². The van der Waals surface area contributed by atoms with E-state index < -0.39 is 6.10 Å². The highest BCUT2D eigenvalue weighted by Gasteiger charge is 2.13. The first-order valence-electron chi connectivity index (χ1n) is 7.78. The molecular formula is C19H19N3O2. The first kappa shape index (κ1) is 16.0. The molecule has 0 aliphatic heterocycles. The number of hydrogen-bond donors (Lipinski definition) is 2. The van der Waals surface area contributed by atoms with Gasteiger partial charge in [-0.2, -0.15) is 5.10 Å². The molecule has 0 saturated carbocycles. The van der Waals surface area contributed by atoms with E-state index in [4.69, 9.17) is 0 Å². The zero-order valence-electron chi connectivity index (χ0n) is 13.4. The highest BCUT2D eigenvalue weighted by atomic mass is 16.3. The molecular weight excluding hydrogens is 302 g/mol. The van der Waals surface area contributed by atoms with Crippen molar-refractivity contribution >= 4 is 11.6 Å². The van der Waals surface area contributed by atoms with E-state index >= 15 is 0 Å². The number of carbonyl (C=O) groups is 1. The Bertz CT molecular complexity index is 825. The molecule has 1 atom stereocenters. The molecule has 5 heteroatoms. The van der Waals surface area contributed by atoms with E-state index in [1.807, 2.05) is 42.5 Å². The normalized spacial score (nSPS) is 11.9. The maximum Gasteiger partial charge on any atom is 0.258 e. The Morgan fingerprint density at radius 1 is 1.17 bits per heavy atom. The molecule has 2 aromatic carbocycles. The fourth-order valence-corrected chi connectivity index (χ4v) is 2.51. The van der Waals surface area contributed by atoms with Gasteiger partial charge in [0.05, 0.1) is 24.4 Å². The average Bonchev–Trinajstić information content (AvgIpc) is 3.05. The largest absolute Gasteiger partial charge is 0.389 e. The highest BCUT2D eigenvalue weighted by molar-refractivity contribution is 6.04. The maximum atomic E-state index is 12.4. The molecule has 0 aliphatic rings. The van der Waals surface area contributed by atoms with Crippen LogP contribution >= 0.6 is 0 Å². The predicted octanol–water partition coefficient (Wildman–Crippen LogP) is 3.24. The van der Waals surface area contributed by atoms with Gasteiger partial charge in [0, 0.05) is 17.4 Å². The molecule has 0 radical (unpaired) electrons. The number of benzene rings is 2. The molecule has 2 N–H and O–H groups in total. The van der Waals surface area contributed by atoms with Gasteiger partial charge in [0.1, 0.15) is 0 Å². The Morgan fingerprint density at radius 2 is 1.88 bits per heavy atom. The van der Waals surface area contributed by atoms with Crippen LogP contribution < -0.4 is 5.32 Å². The molecule has 0 spiro atoms. The van der Waals surface area contributed by atoms with Crippen molar-refractivity contribution in [1.29, 1.82) is 0 Å². The third-order valence-corrected chi connectivity index (χ3v) is 3.74. The topological polar surface area (TPSA) is 67.2 Å². The van der Waals surface area contributed by atoms with E-state index in [0.717, 1.165) is 5.56 Å². The average molecular weight is 321 g/mol. The van der Waals surface area contributed by atoms with Crippen molar-refractivity contribution < 1.29 is 9.90 Å². The number of nitrogens with one attached hydrogen (secondary N) is 1. The summed E-state index contributed by atoms with van der Waals surface area (Å²) in [5, 5.41) is 16.9. The number of carbonyl (C=O) groups excluding carboxylic acids is 1. The lowest BCUT2D eigenvalue weighted by atomic mass is 10.1. The summed E-state index contributed by atoms with van der Waals surface area (Å²) in [6.45, 7) is 2.28. The van der Waals surface area contributed by atoms with E-state index in [9.17, 15) is 9.90 Å². The summed E-state index contributed by atoms with van der Waals surface area (Å²) in [6, 6.07) is 17.1. The zero-order chi connectivity index (χ0) is 16.9. The van der Waals surface area contributed by atoms with Gasteiger partial charge in [0.2, 0.25) is 0 Å². The van der Waals surface area contributed by atoms with Gasteiger partial charge in [0.15, 0.2) is 0 Å². The fourth-order valence-electron chi connectivity index (χ4n) is 2.51. The summed E-state index contributed by atoms with van der Waals surface area (Å²) in [4.78, 5) is 12.4. The molecule has 1 heterocycles. The van der Waals surface area contributed by atoms with Crippen molar-refractivity contribution in [3.05, 3.63) is 83.7 Å². The summed E-state index contributed by atoms with van der Waals surface area (Å²) in [6.07, 6.45) is 2.61. The number of anilines is 1. The molecule has 1 unspecified atom stereocenters. The van der Waals surface area contributed by atoms with E-state index in [1.165, 1.54) is 0 Å². The summed E-state index contributed by atoms with van der Waals surface area (Å²) in [5.74, 6) is -0.248. The standard InChI is InChI=1S/C19H19N3O2/c1-14(23)17-9-5-6-10-18(17)21-19(24)16-11-20-22(13-16)12-15-7-3-2-4-8-15/h2-11,13-14,23H,12H2,1H3,(H,21,24). The third kappa shape index (κ3) is 3.70. The van der Waals surface area contributed by atoms with Crippen LogP contribution in [0.5, 0.6) is 0 Å². The van der Waals surface area contributed by atoms with Crippen LogP contribution in [-0.4, -0.2) is 20.8 Å². The molecule has 1 amide bonds. The molecule has 3 rings (SSSR count). The minimum absolute atomic E-state index is 0.248. The van der Waals surface area contributed by atoms with Crippen LogP contribution in [-0.2, 0) is 6.54 Å². The molecule has 5 nitrogen and oxygen atoms in total. The van der Waals surface area contributed by atoms with E-state index in [1.54, 1.807) is 36.1 Å². The van der Waals surface area contributed by atoms with Crippen molar-refractivity contribution in [3.8, 4) is 0 Å². The van der Waals surface area contributed by atoms with Crippen LogP contribution in [0.3, 0.4) is 0 Å². The number of nitrogens with zero attached hydrogens (tertiary/aromatic N) is 2. The Balaban J connectivity index is 1.73. The van der Waals surface area contributed by atoms with Crippen LogP contribution in [0.1, 0.15) is 34.5 Å². The Hall–Kier alpha value is -2.92. The van der Waals surface area contributed by atoms with Gasteiger partial charge in [-0.25, -0.2) is 0 Å². The SMILES string of the molecule is CC(O)c1ccccc1NC(=O)c1cnn(Cc2ccccc2)c1. The number of aliphatic hydroxyl groups excluding tert-OH is 1. The fraction of sp³-hybridized carbons (Fsp3) is 0.158. The highest BCUT2D eigenvalue weighted by Crippen LogP contribution is 2.22. The van der Waals surface area contributed by atoms with Crippen molar-refractivity contribution in [2.45, 2.75) is 19.6 Å². The van der Waals surface area contributed by atoms with E-state index in [-0.39, 0.29) is 5.91 Å². The summed E-state index contributed by atoms with van der Waals surface area (Å²) >= 11 is 0. The number of aromatic nitrogens is 2. The molecule has 122 valence electrons. The summed E-state index contributed by atoms with van der Waals surface area (Å²) < 4.78 is 1.73. The molecule has 3 aromatic rings.